The van der Waals surface area contributed by atoms with E-state index in [-0.39, 0.29) is 29.5 Å². The predicted octanol–water partition coefficient (Wildman–Crippen LogP) is -0.954. The first-order valence-electron chi connectivity index (χ1n) is 5.71. The van der Waals surface area contributed by atoms with Gasteiger partial charge in [0.05, 0.1) is 0 Å². The van der Waals surface area contributed by atoms with E-state index in [2.05, 4.69) is 15.2 Å². The maximum atomic E-state index is 12.2. The number of carboxylic acids is 1. The van der Waals surface area contributed by atoms with Gasteiger partial charge in [-0.05, 0) is 0 Å². The van der Waals surface area contributed by atoms with Gasteiger partial charge >= 0.3 is 11.7 Å². The Kier molecular flexibility index (Phi) is 3.45. The van der Waals surface area contributed by atoms with Crippen LogP contribution in [0, 0.1) is 0 Å². The van der Waals surface area contributed by atoms with Gasteiger partial charge in [0.1, 0.15) is 0 Å². The van der Waals surface area contributed by atoms with Crippen LogP contribution >= 0.6 is 12.4 Å². The van der Waals surface area contributed by atoms with Crippen LogP contribution in [0.25, 0.3) is 11.2 Å². The Hall–Kier alpha value is -2.82. The lowest BCUT2D eigenvalue weighted by Crippen LogP contribution is -2.39. The first-order chi connectivity index (χ1) is 9.84. The topological polar surface area (TPSA) is 141 Å². The van der Waals surface area contributed by atoms with E-state index in [4.69, 9.17) is 5.11 Å². The van der Waals surface area contributed by atoms with Crippen LogP contribution in [0.15, 0.2) is 19.8 Å². The third kappa shape index (κ3) is 1.79. The van der Waals surface area contributed by atoms with Gasteiger partial charge in [-0.2, -0.15) is 5.11 Å². The van der Waals surface area contributed by atoms with Crippen LogP contribution in [0.2, 0.25) is 0 Å². The Morgan fingerprint density at radius 3 is 2.41 bits per heavy atom. The fourth-order valence-electron chi connectivity index (χ4n) is 2.12. The number of aliphatic carboxylic acids is 1. The number of hydrogen-bond acceptors (Lipinski definition) is 7. The van der Waals surface area contributed by atoms with Gasteiger partial charge < -0.3 is 5.11 Å². The Balaban J connectivity index is 0.00000176. The van der Waals surface area contributed by atoms with Gasteiger partial charge in [0.2, 0.25) is 6.04 Å². The number of halogens is 1. The van der Waals surface area contributed by atoms with Crippen molar-refractivity contribution in [2.45, 2.75) is 6.04 Å². The van der Waals surface area contributed by atoms with Gasteiger partial charge in [-0.1, -0.05) is 0 Å². The summed E-state index contributed by atoms with van der Waals surface area (Å²) in [6.07, 6.45) is 0. The lowest BCUT2D eigenvalue weighted by molar-refractivity contribution is -0.137. The summed E-state index contributed by atoms with van der Waals surface area (Å²) in [5, 5.41) is 15.8. The lowest BCUT2D eigenvalue weighted by Gasteiger charge is -2.13. The number of hydrogen-bond donors (Lipinski definition) is 1. The quantitative estimate of drug-likeness (QED) is 0.669. The van der Waals surface area contributed by atoms with Crippen molar-refractivity contribution >= 4 is 41.4 Å². The van der Waals surface area contributed by atoms with Crippen LogP contribution in [-0.2, 0) is 18.9 Å². The van der Waals surface area contributed by atoms with E-state index in [1.54, 1.807) is 0 Å². The molecule has 3 rings (SSSR count). The Morgan fingerprint density at radius 1 is 1.18 bits per heavy atom. The second-order valence-electron chi connectivity index (χ2n) is 4.42. The minimum Gasteiger partial charge on any atom is -0.479 e. The molecule has 1 aliphatic rings. The predicted molar refractivity (Wildman–Crippen MR) is 74.0 cm³/mol. The summed E-state index contributed by atoms with van der Waals surface area (Å²) in [7, 11) is 2.61. The zero-order chi connectivity index (χ0) is 15.5. The number of fused-ring (bicyclic) bond motifs is 3. The van der Waals surface area contributed by atoms with Crippen LogP contribution in [0.3, 0.4) is 0 Å². The number of carbonyl (C=O) groups excluding carboxylic acids is 1. The van der Waals surface area contributed by atoms with Gasteiger partial charge in [0.15, 0.2) is 11.2 Å². The molecule has 1 atom stereocenters. The molecule has 2 aromatic heterocycles. The number of nitrogens with zero attached hydrogens (tertiary/aromatic N) is 6. The molecule has 0 aliphatic carbocycles. The Bertz CT molecular complexity index is 967. The fourth-order valence-corrected chi connectivity index (χ4v) is 2.12. The highest BCUT2D eigenvalue weighted by molar-refractivity contribution is 6.06. The zero-order valence-electron chi connectivity index (χ0n) is 11.2. The van der Waals surface area contributed by atoms with Crippen LogP contribution in [0.1, 0.15) is 4.79 Å². The molecule has 3 heterocycles. The van der Waals surface area contributed by atoms with E-state index in [9.17, 15) is 19.2 Å². The molecule has 0 fully saturated rings. The van der Waals surface area contributed by atoms with Crippen molar-refractivity contribution in [2.75, 3.05) is 0 Å². The molecule has 0 radical (unpaired) electrons. The van der Waals surface area contributed by atoms with Gasteiger partial charge in [0.25, 0.3) is 17.4 Å². The molecular formula is C10H9ClN6O5. The summed E-state index contributed by atoms with van der Waals surface area (Å²) in [6, 6.07) is -1.73. The molecule has 0 spiro atoms. The Labute approximate surface area is 126 Å². The van der Waals surface area contributed by atoms with Crippen molar-refractivity contribution in [1.29, 1.82) is 0 Å². The van der Waals surface area contributed by atoms with Crippen molar-refractivity contribution in [2.24, 2.45) is 24.3 Å². The van der Waals surface area contributed by atoms with Crippen molar-refractivity contribution in [3.8, 4) is 0 Å². The van der Waals surface area contributed by atoms with Gasteiger partial charge in [0, 0.05) is 14.1 Å². The highest BCUT2D eigenvalue weighted by Gasteiger charge is 2.35. The normalized spacial score (nSPS) is 16.5. The molecule has 11 nitrogen and oxygen atoms in total. The second kappa shape index (κ2) is 4.87. The molecule has 1 N–H and O–H groups in total. The molecule has 0 saturated heterocycles. The number of imidazole rings is 1. The maximum Gasteiger partial charge on any atom is 0.340 e. The summed E-state index contributed by atoms with van der Waals surface area (Å²) in [5.41, 5.74) is -1.64. The summed E-state index contributed by atoms with van der Waals surface area (Å²) >= 11 is 0. The molecular weight excluding hydrogens is 320 g/mol. The van der Waals surface area contributed by atoms with E-state index >= 15 is 0 Å². The van der Waals surface area contributed by atoms with Crippen LogP contribution in [0.5, 0.6) is 0 Å². The van der Waals surface area contributed by atoms with E-state index in [1.165, 1.54) is 14.1 Å². The Morgan fingerprint density at radius 2 is 1.82 bits per heavy atom. The van der Waals surface area contributed by atoms with Gasteiger partial charge in [-0.25, -0.2) is 19.1 Å². The number of aromatic nitrogens is 4. The SMILES string of the molecule is Cl.Cn1c(=O)c2nc3n(c2n(C)c1=O)C(=O)C(C(=O)O)N=N3. The summed E-state index contributed by atoms with van der Waals surface area (Å²) in [4.78, 5) is 50.9. The molecule has 2 aromatic rings. The van der Waals surface area contributed by atoms with E-state index < -0.39 is 29.2 Å². The molecule has 12 heteroatoms. The van der Waals surface area contributed by atoms with E-state index in [0.29, 0.717) is 0 Å². The van der Waals surface area contributed by atoms with Crippen molar-refractivity contribution in [1.82, 2.24) is 18.7 Å². The maximum absolute atomic E-state index is 12.2. The zero-order valence-corrected chi connectivity index (χ0v) is 12.1. The minimum atomic E-state index is -1.73. The molecule has 0 amide bonds. The lowest BCUT2D eigenvalue weighted by atomic mass is 10.3. The number of aryl methyl sites for hydroxylation is 1. The number of carbonyl (C=O) groups is 2. The number of azo groups is 1. The first kappa shape index (κ1) is 15.6. The highest BCUT2D eigenvalue weighted by atomic mass is 35.5. The fraction of sp³-hybridized carbons (Fsp3) is 0.300. The average Bonchev–Trinajstić information content (AvgIpc) is 2.83. The van der Waals surface area contributed by atoms with E-state index in [1.807, 2.05) is 0 Å². The van der Waals surface area contributed by atoms with Crippen LogP contribution in [-0.4, -0.2) is 41.7 Å². The summed E-state index contributed by atoms with van der Waals surface area (Å²) < 4.78 is 2.69. The van der Waals surface area contributed by atoms with Gasteiger partial charge in [-0.3, -0.25) is 18.7 Å². The number of rotatable bonds is 1. The first-order valence-corrected chi connectivity index (χ1v) is 5.71. The average molecular weight is 329 g/mol. The standard InChI is InChI=1S/C10H8N6O5.ClH/c1-14-5-3(6(17)15(2)10(14)21)11-9-13-12-4(8(19)20)7(18)16(5)9;/h4H,1-2H3,(H,19,20);1H. The third-order valence-corrected chi connectivity index (χ3v) is 3.19. The molecule has 0 bridgehead atoms. The van der Waals surface area contributed by atoms with Crippen molar-refractivity contribution in [3.05, 3.63) is 20.8 Å². The van der Waals surface area contributed by atoms with Crippen LogP contribution < -0.4 is 11.2 Å². The number of carboxylic acid groups (broad SMARTS) is 1. The van der Waals surface area contributed by atoms with Gasteiger partial charge in [-0.15, -0.1) is 17.5 Å². The minimum absolute atomic E-state index is 0. The third-order valence-electron chi connectivity index (χ3n) is 3.19. The highest BCUT2D eigenvalue weighted by Crippen LogP contribution is 2.24. The largest absolute Gasteiger partial charge is 0.479 e. The molecule has 0 aromatic carbocycles. The second-order valence-corrected chi connectivity index (χ2v) is 4.42. The van der Waals surface area contributed by atoms with Crippen molar-refractivity contribution < 1.29 is 14.7 Å². The molecule has 1 unspecified atom stereocenters. The molecule has 0 saturated carbocycles. The summed E-state index contributed by atoms with van der Waals surface area (Å²) in [6.45, 7) is 0. The summed E-state index contributed by atoms with van der Waals surface area (Å²) in [5.74, 6) is -2.64. The van der Waals surface area contributed by atoms with Crippen molar-refractivity contribution in [3.63, 3.8) is 0 Å². The van der Waals surface area contributed by atoms with Crippen LogP contribution in [0.4, 0.5) is 5.95 Å². The monoisotopic (exact) mass is 328 g/mol. The molecule has 116 valence electrons. The van der Waals surface area contributed by atoms with E-state index in [0.717, 1.165) is 13.7 Å². The molecule has 22 heavy (non-hydrogen) atoms. The smallest absolute Gasteiger partial charge is 0.340 e. The molecule has 1 aliphatic heterocycles.